The Bertz CT molecular complexity index is 321. The molecule has 3 aliphatic rings. The van der Waals surface area contributed by atoms with Gasteiger partial charge in [0, 0.05) is 73.1 Å². The van der Waals surface area contributed by atoms with E-state index in [0.717, 1.165) is 18.0 Å². The molecule has 19 heavy (non-hydrogen) atoms. The molecule has 110 valence electrons. The van der Waals surface area contributed by atoms with Crippen LogP contribution in [-0.4, -0.2) is 64.3 Å². The third kappa shape index (κ3) is 2.70. The second-order valence-corrected chi connectivity index (χ2v) is 8.67. The normalized spacial score (nSPS) is 40.1. The summed E-state index contributed by atoms with van der Waals surface area (Å²) in [5, 5.41) is 0. The first-order valence-electron chi connectivity index (χ1n) is 7.92. The molecule has 3 fully saturated rings. The van der Waals surface area contributed by atoms with Crippen molar-refractivity contribution in [3.8, 4) is 0 Å². The second-order valence-electron chi connectivity index (χ2n) is 7.31. The van der Waals surface area contributed by atoms with Crippen LogP contribution in [0.5, 0.6) is 0 Å². The van der Waals surface area contributed by atoms with Crippen molar-refractivity contribution in [3.63, 3.8) is 0 Å². The summed E-state index contributed by atoms with van der Waals surface area (Å²) in [6.07, 6.45) is 2.67. The third-order valence-corrected chi connectivity index (χ3v) is 6.14. The average Bonchev–Trinajstić information content (AvgIpc) is 2.27. The Hall–Kier alpha value is 0.610. The van der Waals surface area contributed by atoms with Gasteiger partial charge < -0.3 is 4.90 Å². The fourth-order valence-corrected chi connectivity index (χ4v) is 5.89. The molecule has 0 aromatic heterocycles. The minimum atomic E-state index is 0.685. The van der Waals surface area contributed by atoms with Gasteiger partial charge in [-0.15, -0.1) is 0 Å². The fourth-order valence-electron chi connectivity index (χ4n) is 4.44. The molecular formula is C15H28IN3. The maximum atomic E-state index is 2.79. The van der Waals surface area contributed by atoms with E-state index in [4.69, 9.17) is 0 Å². The molecule has 0 aliphatic carbocycles. The van der Waals surface area contributed by atoms with Gasteiger partial charge in [-0.25, -0.2) is 3.11 Å². The lowest BCUT2D eigenvalue weighted by molar-refractivity contribution is -0.116. The lowest BCUT2D eigenvalue weighted by atomic mass is 9.72. The van der Waals surface area contributed by atoms with E-state index in [9.17, 15) is 0 Å². The largest absolute Gasteiger partial charge is 0.300 e. The highest BCUT2D eigenvalue weighted by molar-refractivity contribution is 14.1. The summed E-state index contributed by atoms with van der Waals surface area (Å²) in [4.78, 5) is 5.49. The Morgan fingerprint density at radius 2 is 1.84 bits per heavy atom. The Balaban J connectivity index is 1.53. The van der Waals surface area contributed by atoms with Gasteiger partial charge >= 0.3 is 0 Å². The van der Waals surface area contributed by atoms with Gasteiger partial charge in [-0.3, -0.25) is 4.90 Å². The number of halogens is 1. The maximum absolute atomic E-state index is 2.79. The van der Waals surface area contributed by atoms with Crippen molar-refractivity contribution in [1.82, 2.24) is 12.9 Å². The first kappa shape index (κ1) is 14.5. The first-order chi connectivity index (χ1) is 9.03. The molecule has 0 N–H and O–H groups in total. The summed E-state index contributed by atoms with van der Waals surface area (Å²) in [5.41, 5.74) is 0.685. The highest BCUT2D eigenvalue weighted by Crippen LogP contribution is 2.44. The van der Waals surface area contributed by atoms with Crippen molar-refractivity contribution in [2.75, 3.05) is 39.3 Å². The molecule has 2 unspecified atom stereocenters. The molecule has 0 radical (unpaired) electrons. The predicted molar refractivity (Wildman–Crippen MR) is 88.5 cm³/mol. The molecule has 0 bridgehead atoms. The maximum Gasteiger partial charge on any atom is 0.0228 e. The molecule has 0 aromatic rings. The van der Waals surface area contributed by atoms with Crippen LogP contribution < -0.4 is 0 Å². The highest BCUT2D eigenvalue weighted by atomic mass is 127. The molecule has 3 saturated heterocycles. The van der Waals surface area contributed by atoms with Crippen LogP contribution in [0.2, 0.25) is 0 Å². The van der Waals surface area contributed by atoms with Crippen LogP contribution >= 0.6 is 22.9 Å². The van der Waals surface area contributed by atoms with E-state index in [1.165, 1.54) is 52.1 Å². The zero-order chi connectivity index (χ0) is 13.6. The van der Waals surface area contributed by atoms with E-state index in [1.807, 2.05) is 0 Å². The van der Waals surface area contributed by atoms with E-state index < -0.39 is 0 Å². The molecule has 3 nitrogen and oxygen atoms in total. The summed E-state index contributed by atoms with van der Waals surface area (Å²) in [7, 11) is 0. The van der Waals surface area contributed by atoms with Crippen LogP contribution in [0.4, 0.5) is 0 Å². The monoisotopic (exact) mass is 377 g/mol. The van der Waals surface area contributed by atoms with Gasteiger partial charge in [-0.1, -0.05) is 13.8 Å². The summed E-state index contributed by atoms with van der Waals surface area (Å²) in [6, 6.07) is 1.62. The van der Waals surface area contributed by atoms with Crippen molar-refractivity contribution in [2.24, 2.45) is 11.3 Å². The predicted octanol–water partition coefficient (Wildman–Crippen LogP) is 2.46. The van der Waals surface area contributed by atoms with Crippen molar-refractivity contribution in [3.05, 3.63) is 0 Å². The summed E-state index contributed by atoms with van der Waals surface area (Å²) in [6.45, 7) is 15.2. The van der Waals surface area contributed by atoms with E-state index in [1.54, 1.807) is 0 Å². The van der Waals surface area contributed by atoms with Crippen LogP contribution in [0.1, 0.15) is 33.6 Å². The van der Waals surface area contributed by atoms with Crippen LogP contribution in [0, 0.1) is 11.3 Å². The standard InChI is InChI=1S/C15H28IN3/c1-4-5-17-7-12(2)14(6-13(17)3)18-8-15(9-18)10-19(16)11-15/h12-14H,4-11H2,1-3H3/t12?,13?,14-/m1/s1. The third-order valence-electron chi connectivity index (χ3n) is 5.46. The van der Waals surface area contributed by atoms with Crippen LogP contribution in [0.15, 0.2) is 0 Å². The quantitative estimate of drug-likeness (QED) is 0.553. The van der Waals surface area contributed by atoms with Gasteiger partial charge in [0.1, 0.15) is 0 Å². The van der Waals surface area contributed by atoms with Gasteiger partial charge in [0.15, 0.2) is 0 Å². The van der Waals surface area contributed by atoms with Crippen molar-refractivity contribution < 1.29 is 0 Å². The van der Waals surface area contributed by atoms with Crippen molar-refractivity contribution in [2.45, 2.75) is 45.7 Å². The van der Waals surface area contributed by atoms with E-state index in [0.29, 0.717) is 5.41 Å². The fraction of sp³-hybridized carbons (Fsp3) is 1.00. The molecule has 3 aliphatic heterocycles. The van der Waals surface area contributed by atoms with E-state index in [2.05, 4.69) is 56.5 Å². The van der Waals surface area contributed by atoms with Gasteiger partial charge in [-0.05, 0) is 32.2 Å². The first-order valence-corrected chi connectivity index (χ1v) is 8.88. The number of nitrogens with zero attached hydrogens (tertiary/aromatic N) is 3. The summed E-state index contributed by atoms with van der Waals surface area (Å²) < 4.78 is 2.44. The molecule has 1 spiro atoms. The molecule has 3 heterocycles. The lowest BCUT2D eigenvalue weighted by Crippen LogP contribution is -2.73. The van der Waals surface area contributed by atoms with Gasteiger partial charge in [-0.2, -0.15) is 0 Å². The lowest BCUT2D eigenvalue weighted by Gasteiger charge is -2.62. The topological polar surface area (TPSA) is 9.72 Å². The molecule has 4 heteroatoms. The molecule has 0 aromatic carbocycles. The molecule has 0 amide bonds. The van der Waals surface area contributed by atoms with Crippen molar-refractivity contribution >= 4 is 22.9 Å². The highest BCUT2D eigenvalue weighted by Gasteiger charge is 2.53. The number of rotatable bonds is 3. The summed E-state index contributed by atoms with van der Waals surface area (Å²) in [5.74, 6) is 0.843. The number of hydrogen-bond acceptors (Lipinski definition) is 3. The second kappa shape index (κ2) is 5.43. The van der Waals surface area contributed by atoms with E-state index >= 15 is 0 Å². The molecule has 3 rings (SSSR count). The zero-order valence-corrected chi connectivity index (χ0v) is 14.8. The zero-order valence-electron chi connectivity index (χ0n) is 12.6. The minimum Gasteiger partial charge on any atom is -0.300 e. The van der Waals surface area contributed by atoms with Crippen LogP contribution in [0.25, 0.3) is 0 Å². The molecular weight excluding hydrogens is 349 g/mol. The van der Waals surface area contributed by atoms with Gasteiger partial charge in [0.2, 0.25) is 0 Å². The number of likely N-dealkylation sites (tertiary alicyclic amines) is 2. The Kier molecular flexibility index (Phi) is 4.15. The van der Waals surface area contributed by atoms with Crippen molar-refractivity contribution in [1.29, 1.82) is 0 Å². The Morgan fingerprint density at radius 3 is 2.42 bits per heavy atom. The van der Waals surface area contributed by atoms with Crippen LogP contribution in [0.3, 0.4) is 0 Å². The van der Waals surface area contributed by atoms with E-state index in [-0.39, 0.29) is 0 Å². The summed E-state index contributed by atoms with van der Waals surface area (Å²) >= 11 is 2.46. The molecule has 3 atom stereocenters. The smallest absolute Gasteiger partial charge is 0.0228 e. The Morgan fingerprint density at radius 1 is 1.16 bits per heavy atom. The average molecular weight is 377 g/mol. The number of hydrogen-bond donors (Lipinski definition) is 0. The van der Waals surface area contributed by atoms with Gasteiger partial charge in [0.05, 0.1) is 0 Å². The SMILES string of the molecule is CCCN1CC(C)[C@H](N2CC3(CN(I)C3)C2)CC1C. The minimum absolute atomic E-state index is 0.685. The Labute approximate surface area is 132 Å². The molecule has 0 saturated carbocycles. The van der Waals surface area contributed by atoms with Crippen LogP contribution in [-0.2, 0) is 0 Å². The number of piperidine rings is 1. The van der Waals surface area contributed by atoms with Gasteiger partial charge in [0.25, 0.3) is 0 Å².